The van der Waals surface area contributed by atoms with Crippen molar-refractivity contribution in [2.75, 3.05) is 10.7 Å². The van der Waals surface area contributed by atoms with Gasteiger partial charge in [-0.15, -0.1) is 0 Å². The first-order valence-electron chi connectivity index (χ1n) is 6.00. The third-order valence-electron chi connectivity index (χ3n) is 2.83. The highest BCUT2D eigenvalue weighted by Crippen LogP contribution is 2.24. The minimum Gasteiger partial charge on any atom is -0.337 e. The molecule has 0 saturated heterocycles. The van der Waals surface area contributed by atoms with Crippen molar-refractivity contribution >= 4 is 38.9 Å². The van der Waals surface area contributed by atoms with Crippen molar-refractivity contribution in [1.82, 2.24) is 14.4 Å². The van der Waals surface area contributed by atoms with Crippen LogP contribution in [-0.4, -0.2) is 14.4 Å². The second-order valence-electron chi connectivity index (χ2n) is 4.42. The number of nitrogens with one attached hydrogen (secondary N) is 2. The normalized spacial score (nSPS) is 10.8. The van der Waals surface area contributed by atoms with E-state index in [0.29, 0.717) is 11.6 Å². The van der Waals surface area contributed by atoms with Gasteiger partial charge in [-0.05, 0) is 30.7 Å². The first-order valence-corrected chi connectivity index (χ1v) is 6.79. The Kier molecular flexibility index (Phi) is 3.29. The van der Waals surface area contributed by atoms with Gasteiger partial charge in [-0.1, -0.05) is 15.9 Å². The third kappa shape index (κ3) is 2.45. The van der Waals surface area contributed by atoms with Crippen LogP contribution in [0, 0.1) is 6.92 Å². The Balaban J connectivity index is 2.07. The Labute approximate surface area is 124 Å². The van der Waals surface area contributed by atoms with Gasteiger partial charge in [0.2, 0.25) is 0 Å². The molecule has 3 rings (SSSR count). The molecule has 0 amide bonds. The van der Waals surface area contributed by atoms with Gasteiger partial charge in [0.25, 0.3) is 0 Å². The van der Waals surface area contributed by atoms with Crippen molar-refractivity contribution in [2.45, 2.75) is 6.92 Å². The van der Waals surface area contributed by atoms with Crippen LogP contribution in [0.5, 0.6) is 0 Å². The number of halogens is 1. The molecule has 2 aromatic heterocycles. The Morgan fingerprint density at radius 1 is 1.30 bits per heavy atom. The van der Waals surface area contributed by atoms with E-state index in [0.717, 1.165) is 21.4 Å². The van der Waals surface area contributed by atoms with Gasteiger partial charge in [-0.25, -0.2) is 15.8 Å². The average Bonchev–Trinajstić information content (AvgIpc) is 2.85. The zero-order valence-electron chi connectivity index (χ0n) is 10.8. The van der Waals surface area contributed by atoms with E-state index in [1.807, 2.05) is 35.7 Å². The number of rotatable bonds is 3. The molecular weight excluding hydrogens is 320 g/mol. The molecule has 0 aliphatic heterocycles. The molecule has 0 fully saturated rings. The van der Waals surface area contributed by atoms with Gasteiger partial charge < -0.3 is 15.1 Å². The van der Waals surface area contributed by atoms with Crippen molar-refractivity contribution in [3.05, 3.63) is 46.8 Å². The molecule has 6 nitrogen and oxygen atoms in total. The molecule has 0 atom stereocenters. The predicted molar refractivity (Wildman–Crippen MR) is 83.0 cm³/mol. The molecule has 4 N–H and O–H groups in total. The molecule has 3 aromatic rings. The standard InChI is InChI=1S/C13H13BrN6/c1-8-4-9(14)6-10(5-8)17-12-13-16-2-3-20(13)7-11(18-12)19-15/h2-7,19H,15H2,1H3,(H,17,18). The quantitative estimate of drug-likeness (QED) is 0.507. The Bertz CT molecular complexity index is 746. The van der Waals surface area contributed by atoms with Crippen molar-refractivity contribution < 1.29 is 0 Å². The number of nitrogen functional groups attached to an aromatic ring is 1. The van der Waals surface area contributed by atoms with E-state index in [-0.39, 0.29) is 0 Å². The zero-order chi connectivity index (χ0) is 14.1. The lowest BCUT2D eigenvalue weighted by Crippen LogP contribution is -2.11. The van der Waals surface area contributed by atoms with Crippen molar-refractivity contribution in [2.24, 2.45) is 5.84 Å². The number of imidazole rings is 1. The molecule has 102 valence electrons. The highest BCUT2D eigenvalue weighted by atomic mass is 79.9. The predicted octanol–water partition coefficient (Wildman–Crippen LogP) is 2.83. The second-order valence-corrected chi connectivity index (χ2v) is 5.34. The third-order valence-corrected chi connectivity index (χ3v) is 3.28. The molecular formula is C13H13BrN6. The molecule has 0 aliphatic carbocycles. The zero-order valence-corrected chi connectivity index (χ0v) is 12.3. The maximum Gasteiger partial charge on any atom is 0.180 e. The van der Waals surface area contributed by atoms with Crippen LogP contribution in [0.4, 0.5) is 17.3 Å². The number of aromatic nitrogens is 3. The van der Waals surface area contributed by atoms with Gasteiger partial charge >= 0.3 is 0 Å². The number of aryl methyl sites for hydroxylation is 1. The van der Waals surface area contributed by atoms with E-state index in [1.165, 1.54) is 0 Å². The van der Waals surface area contributed by atoms with E-state index in [9.17, 15) is 0 Å². The lowest BCUT2D eigenvalue weighted by atomic mass is 10.2. The van der Waals surface area contributed by atoms with Gasteiger partial charge in [0.1, 0.15) is 0 Å². The summed E-state index contributed by atoms with van der Waals surface area (Å²) in [6, 6.07) is 6.06. The second kappa shape index (κ2) is 5.10. The van der Waals surface area contributed by atoms with Crippen LogP contribution >= 0.6 is 15.9 Å². The fraction of sp³-hybridized carbons (Fsp3) is 0.0769. The van der Waals surface area contributed by atoms with E-state index < -0.39 is 0 Å². The van der Waals surface area contributed by atoms with Crippen LogP contribution < -0.4 is 16.6 Å². The summed E-state index contributed by atoms with van der Waals surface area (Å²) >= 11 is 3.48. The van der Waals surface area contributed by atoms with Crippen LogP contribution in [0.15, 0.2) is 41.3 Å². The number of hydrogen-bond donors (Lipinski definition) is 3. The molecule has 2 heterocycles. The molecule has 0 aliphatic rings. The maximum absolute atomic E-state index is 5.44. The summed E-state index contributed by atoms with van der Waals surface area (Å²) < 4.78 is 2.86. The Morgan fingerprint density at radius 2 is 2.15 bits per heavy atom. The molecule has 0 bridgehead atoms. The van der Waals surface area contributed by atoms with Crippen molar-refractivity contribution in [3.63, 3.8) is 0 Å². The van der Waals surface area contributed by atoms with Gasteiger partial charge in [0.05, 0.1) is 6.20 Å². The van der Waals surface area contributed by atoms with E-state index in [2.05, 4.69) is 36.6 Å². The number of anilines is 3. The molecule has 0 unspecified atom stereocenters. The van der Waals surface area contributed by atoms with Gasteiger partial charge in [0.15, 0.2) is 17.3 Å². The maximum atomic E-state index is 5.44. The molecule has 0 spiro atoms. The number of nitrogens with two attached hydrogens (primary N) is 1. The smallest absolute Gasteiger partial charge is 0.180 e. The number of benzene rings is 1. The van der Waals surface area contributed by atoms with Crippen LogP contribution in [0.3, 0.4) is 0 Å². The van der Waals surface area contributed by atoms with E-state index >= 15 is 0 Å². The molecule has 1 aromatic carbocycles. The van der Waals surface area contributed by atoms with Crippen LogP contribution in [-0.2, 0) is 0 Å². The average molecular weight is 333 g/mol. The van der Waals surface area contributed by atoms with Gasteiger partial charge in [-0.3, -0.25) is 0 Å². The van der Waals surface area contributed by atoms with Crippen LogP contribution in [0.2, 0.25) is 0 Å². The van der Waals surface area contributed by atoms with E-state index in [1.54, 1.807) is 12.4 Å². The summed E-state index contributed by atoms with van der Waals surface area (Å²) in [7, 11) is 0. The summed E-state index contributed by atoms with van der Waals surface area (Å²) in [5, 5.41) is 3.27. The molecule has 0 saturated carbocycles. The van der Waals surface area contributed by atoms with Gasteiger partial charge in [0, 0.05) is 22.6 Å². The molecule has 20 heavy (non-hydrogen) atoms. The fourth-order valence-corrected chi connectivity index (χ4v) is 2.64. The molecule has 0 radical (unpaired) electrons. The number of fused-ring (bicyclic) bond motifs is 1. The van der Waals surface area contributed by atoms with Crippen molar-refractivity contribution in [1.29, 1.82) is 0 Å². The summed E-state index contributed by atoms with van der Waals surface area (Å²) in [5.74, 6) is 6.64. The number of hydrazine groups is 1. The first kappa shape index (κ1) is 12.9. The topological polar surface area (TPSA) is 80.3 Å². The van der Waals surface area contributed by atoms with Gasteiger partial charge in [-0.2, -0.15) is 0 Å². The summed E-state index contributed by atoms with van der Waals surface area (Å²) in [5.41, 5.74) is 5.37. The molecule has 7 heteroatoms. The number of hydrogen-bond acceptors (Lipinski definition) is 5. The summed E-state index contributed by atoms with van der Waals surface area (Å²) in [6.45, 7) is 2.03. The highest BCUT2D eigenvalue weighted by molar-refractivity contribution is 9.10. The fourth-order valence-electron chi connectivity index (χ4n) is 2.03. The Morgan fingerprint density at radius 3 is 2.90 bits per heavy atom. The van der Waals surface area contributed by atoms with Crippen LogP contribution in [0.1, 0.15) is 5.56 Å². The summed E-state index contributed by atoms with van der Waals surface area (Å²) in [6.07, 6.45) is 5.34. The SMILES string of the molecule is Cc1cc(Br)cc(Nc2nc(NN)cn3ccnc23)c1. The van der Waals surface area contributed by atoms with Crippen molar-refractivity contribution in [3.8, 4) is 0 Å². The largest absolute Gasteiger partial charge is 0.337 e. The highest BCUT2D eigenvalue weighted by Gasteiger charge is 2.08. The lowest BCUT2D eigenvalue weighted by molar-refractivity contribution is 1.11. The minimum absolute atomic E-state index is 0.560. The lowest BCUT2D eigenvalue weighted by Gasteiger charge is -2.10. The number of nitrogens with zero attached hydrogens (tertiary/aromatic N) is 3. The monoisotopic (exact) mass is 332 g/mol. The summed E-state index contributed by atoms with van der Waals surface area (Å²) in [4.78, 5) is 8.69. The van der Waals surface area contributed by atoms with E-state index in [4.69, 9.17) is 5.84 Å². The Hall–Kier alpha value is -2.12. The van der Waals surface area contributed by atoms with Crippen LogP contribution in [0.25, 0.3) is 5.65 Å². The minimum atomic E-state index is 0.560. The first-order chi connectivity index (χ1) is 9.65.